The summed E-state index contributed by atoms with van der Waals surface area (Å²) < 4.78 is 28.1. The molecule has 22 heavy (non-hydrogen) atoms. The lowest BCUT2D eigenvalue weighted by Crippen LogP contribution is -2.58. The zero-order chi connectivity index (χ0) is 16.4. The summed E-state index contributed by atoms with van der Waals surface area (Å²) in [5.74, 6) is -1.41. The minimum absolute atomic E-state index is 0.0682. The number of carbonyl (C=O) groups is 1. The Hall–Kier alpha value is -1.39. The quantitative estimate of drug-likeness (QED) is 0.612. The number of nitrogens with one attached hydrogen (secondary N) is 2. The highest BCUT2D eigenvalue weighted by Gasteiger charge is 2.37. The van der Waals surface area contributed by atoms with Crippen molar-refractivity contribution in [3.63, 3.8) is 0 Å². The Morgan fingerprint density at radius 2 is 2.09 bits per heavy atom. The van der Waals surface area contributed by atoms with Crippen molar-refractivity contribution in [2.75, 3.05) is 0 Å². The lowest BCUT2D eigenvalue weighted by Gasteiger charge is -2.33. The van der Waals surface area contributed by atoms with Crippen LogP contribution in [0, 0.1) is 3.57 Å². The fraction of sp³-hybridized carbons (Fsp3) is 0.214. The normalized spacial score (nSPS) is 21.1. The number of rotatable bonds is 5. The molecule has 0 aromatic heterocycles. The summed E-state index contributed by atoms with van der Waals surface area (Å²) in [6.45, 7) is 1.48. The van der Waals surface area contributed by atoms with E-state index in [1.807, 2.05) is 12.1 Å². The van der Waals surface area contributed by atoms with E-state index >= 15 is 0 Å². The van der Waals surface area contributed by atoms with Crippen LogP contribution in [0.15, 0.2) is 48.2 Å². The summed E-state index contributed by atoms with van der Waals surface area (Å²) in [7, 11) is -3.74. The van der Waals surface area contributed by atoms with Crippen molar-refractivity contribution in [1.82, 2.24) is 10.0 Å². The molecule has 1 aliphatic rings. The molecule has 0 saturated carbocycles. The molecule has 1 unspecified atom stereocenters. The number of aliphatic carboxylic acids is 1. The first-order chi connectivity index (χ1) is 10.2. The molecule has 118 valence electrons. The van der Waals surface area contributed by atoms with Gasteiger partial charge in [-0.3, -0.25) is 0 Å². The lowest BCUT2D eigenvalue weighted by molar-refractivity contribution is -0.133. The van der Waals surface area contributed by atoms with E-state index in [2.05, 4.69) is 32.6 Å². The van der Waals surface area contributed by atoms with Gasteiger partial charge in [-0.2, -0.15) is 4.72 Å². The first kappa shape index (κ1) is 17.0. The molecule has 1 aliphatic heterocycles. The molecule has 2 rings (SSSR count). The molecule has 0 bridgehead atoms. The summed E-state index contributed by atoms with van der Waals surface area (Å²) in [4.78, 5) is 11.3. The minimum Gasteiger partial charge on any atom is -0.478 e. The highest BCUT2D eigenvalue weighted by molar-refractivity contribution is 14.1. The van der Waals surface area contributed by atoms with Gasteiger partial charge >= 0.3 is 5.97 Å². The Morgan fingerprint density at radius 1 is 1.41 bits per heavy atom. The number of allylic oxidation sites excluding steroid dienone is 2. The highest BCUT2D eigenvalue weighted by Crippen LogP contribution is 2.21. The topological polar surface area (TPSA) is 95.5 Å². The first-order valence-electron chi connectivity index (χ1n) is 6.37. The van der Waals surface area contributed by atoms with Crippen LogP contribution in [0.2, 0.25) is 0 Å². The molecule has 0 spiro atoms. The Morgan fingerprint density at radius 3 is 2.73 bits per heavy atom. The molecule has 0 aliphatic carbocycles. The number of sulfonamides is 1. The molecule has 1 heterocycles. The van der Waals surface area contributed by atoms with Gasteiger partial charge in [-0.05, 0) is 59.5 Å². The summed E-state index contributed by atoms with van der Waals surface area (Å²) in [5, 5.41) is 12.0. The third-order valence-corrected chi connectivity index (χ3v) is 5.63. The molecule has 1 aromatic rings. The summed E-state index contributed by atoms with van der Waals surface area (Å²) in [5.41, 5.74) is -0.799. The van der Waals surface area contributed by atoms with Crippen molar-refractivity contribution in [3.8, 4) is 0 Å². The van der Waals surface area contributed by atoms with Crippen molar-refractivity contribution in [2.24, 2.45) is 0 Å². The Kier molecular flexibility index (Phi) is 4.93. The van der Waals surface area contributed by atoms with Gasteiger partial charge in [-0.25, -0.2) is 13.2 Å². The van der Waals surface area contributed by atoms with Crippen LogP contribution in [0.1, 0.15) is 12.5 Å². The van der Waals surface area contributed by atoms with Crippen LogP contribution >= 0.6 is 22.6 Å². The third-order valence-electron chi connectivity index (χ3n) is 3.16. The first-order valence-corrected chi connectivity index (χ1v) is 9.10. The number of carboxylic acid groups (broad SMARTS) is 1. The van der Waals surface area contributed by atoms with Crippen LogP contribution < -0.4 is 10.0 Å². The van der Waals surface area contributed by atoms with Gasteiger partial charge < -0.3 is 10.4 Å². The fourth-order valence-corrected chi connectivity index (χ4v) is 4.50. The number of carboxylic acids is 1. The van der Waals surface area contributed by atoms with Crippen LogP contribution in [-0.4, -0.2) is 25.2 Å². The second kappa shape index (κ2) is 6.39. The summed E-state index contributed by atoms with van der Waals surface area (Å²) in [6.07, 6.45) is 4.38. The predicted octanol–water partition coefficient (Wildman–Crippen LogP) is 1.55. The van der Waals surface area contributed by atoms with E-state index in [1.54, 1.807) is 12.1 Å². The van der Waals surface area contributed by atoms with Crippen LogP contribution in [-0.2, 0) is 20.6 Å². The zero-order valence-electron chi connectivity index (χ0n) is 11.7. The molecule has 8 heteroatoms. The maximum atomic E-state index is 12.4. The molecule has 6 nitrogen and oxygen atoms in total. The van der Waals surface area contributed by atoms with E-state index in [9.17, 15) is 18.3 Å². The van der Waals surface area contributed by atoms with E-state index in [4.69, 9.17) is 0 Å². The average Bonchev–Trinajstić information content (AvgIpc) is 2.40. The van der Waals surface area contributed by atoms with Crippen molar-refractivity contribution >= 4 is 38.6 Å². The van der Waals surface area contributed by atoms with Crippen LogP contribution in [0.3, 0.4) is 0 Å². The molecular formula is C14H15IN2O4S. The Bertz CT molecular complexity index is 758. The van der Waals surface area contributed by atoms with Gasteiger partial charge in [0.2, 0.25) is 10.0 Å². The van der Waals surface area contributed by atoms with Crippen molar-refractivity contribution in [2.45, 2.75) is 18.3 Å². The predicted molar refractivity (Wildman–Crippen MR) is 91.3 cm³/mol. The smallest absolute Gasteiger partial charge is 0.335 e. The maximum absolute atomic E-state index is 12.4. The SMILES string of the molecule is CC1(NS(=O)(=O)Cc2ccccc2I)NC=CC=C1C(=O)O. The highest BCUT2D eigenvalue weighted by atomic mass is 127. The van der Waals surface area contributed by atoms with Crippen molar-refractivity contribution < 1.29 is 18.3 Å². The zero-order valence-corrected chi connectivity index (χ0v) is 14.7. The number of halogens is 1. The molecule has 1 aromatic carbocycles. The standard InChI is InChI=1S/C14H15IN2O4S/c1-14(11(13(18)19)6-4-8-16-14)17-22(20,21)9-10-5-2-3-7-12(10)15/h2-8,16-17H,9H2,1H3,(H,18,19). The molecular weight excluding hydrogens is 419 g/mol. The molecule has 1 atom stereocenters. The molecule has 3 N–H and O–H groups in total. The maximum Gasteiger partial charge on any atom is 0.335 e. The number of hydrogen-bond donors (Lipinski definition) is 3. The number of dihydropyridines is 1. The summed E-state index contributed by atoms with van der Waals surface area (Å²) >= 11 is 2.06. The Balaban J connectivity index is 2.25. The van der Waals surface area contributed by atoms with Gasteiger partial charge in [0.1, 0.15) is 5.66 Å². The van der Waals surface area contributed by atoms with Gasteiger partial charge in [0, 0.05) is 3.57 Å². The van der Waals surface area contributed by atoms with Crippen molar-refractivity contribution in [3.05, 3.63) is 57.3 Å². The monoisotopic (exact) mass is 434 g/mol. The van der Waals surface area contributed by atoms with Gasteiger partial charge in [0.25, 0.3) is 0 Å². The molecule has 0 fully saturated rings. The van der Waals surface area contributed by atoms with Gasteiger partial charge in [-0.1, -0.05) is 18.2 Å². The van der Waals surface area contributed by atoms with E-state index in [0.717, 1.165) is 3.57 Å². The van der Waals surface area contributed by atoms with Crippen LogP contribution in [0.4, 0.5) is 0 Å². The lowest BCUT2D eigenvalue weighted by atomic mass is 10.0. The van der Waals surface area contributed by atoms with Crippen LogP contribution in [0.5, 0.6) is 0 Å². The largest absolute Gasteiger partial charge is 0.478 e. The van der Waals surface area contributed by atoms with Gasteiger partial charge in [0.15, 0.2) is 0 Å². The molecule has 0 saturated heterocycles. The average molecular weight is 434 g/mol. The van der Waals surface area contributed by atoms with E-state index < -0.39 is 21.7 Å². The van der Waals surface area contributed by atoms with Crippen molar-refractivity contribution in [1.29, 1.82) is 0 Å². The van der Waals surface area contributed by atoms with E-state index in [0.29, 0.717) is 5.56 Å². The van der Waals surface area contributed by atoms with E-state index in [1.165, 1.54) is 25.3 Å². The fourth-order valence-electron chi connectivity index (χ4n) is 2.14. The Labute approximate surface area is 142 Å². The van der Waals surface area contributed by atoms with E-state index in [-0.39, 0.29) is 11.3 Å². The van der Waals surface area contributed by atoms with Gasteiger partial charge in [0.05, 0.1) is 11.3 Å². The third kappa shape index (κ3) is 3.87. The molecule has 0 radical (unpaired) electrons. The van der Waals surface area contributed by atoms with Crippen LogP contribution in [0.25, 0.3) is 0 Å². The minimum atomic E-state index is -3.74. The molecule has 0 amide bonds. The second-order valence-corrected chi connectivity index (χ2v) is 7.85. The van der Waals surface area contributed by atoms with Gasteiger partial charge in [-0.15, -0.1) is 0 Å². The summed E-state index contributed by atoms with van der Waals surface area (Å²) in [6, 6.07) is 7.13. The number of hydrogen-bond acceptors (Lipinski definition) is 4. The number of benzene rings is 1. The second-order valence-electron chi connectivity index (χ2n) is 4.97.